The van der Waals surface area contributed by atoms with Crippen LogP contribution >= 0.6 is 11.8 Å². The third kappa shape index (κ3) is 3.47. The largest absolute Gasteiger partial charge is 0.391 e. The fourth-order valence-corrected chi connectivity index (χ4v) is 10.6. The van der Waals surface area contributed by atoms with Gasteiger partial charge in [0.1, 0.15) is 11.6 Å². The molecule has 4 nitrogen and oxygen atoms in total. The van der Waals surface area contributed by atoms with Gasteiger partial charge in [-0.1, -0.05) is 13.8 Å². The summed E-state index contributed by atoms with van der Waals surface area (Å²) in [5, 5.41) is 11.2. The summed E-state index contributed by atoms with van der Waals surface area (Å²) in [7, 11) is 0. The van der Waals surface area contributed by atoms with Gasteiger partial charge in [-0.3, -0.25) is 14.5 Å². The molecule has 5 aliphatic rings. The molecule has 4 saturated carbocycles. The Morgan fingerprint density at radius 2 is 1.84 bits per heavy atom. The minimum absolute atomic E-state index is 0.0196. The Balaban J connectivity index is 1.44. The number of Topliss-reactive ketones (excluding diaryl/α,β-unsaturated/α-hetero) is 2. The number of thioether (sulfide) groups is 1. The fraction of sp³-hybridized carbons (Fsp3) is 0.926. The molecule has 0 aromatic carbocycles. The van der Waals surface area contributed by atoms with Gasteiger partial charge in [-0.05, 0) is 87.9 Å². The topological polar surface area (TPSA) is 57.6 Å². The molecule has 0 aromatic rings. The van der Waals surface area contributed by atoms with E-state index < -0.39 is 0 Å². The lowest BCUT2D eigenvalue weighted by Gasteiger charge is -2.62. The first-order chi connectivity index (χ1) is 15.0. The number of aliphatic hydroxyl groups excluding tert-OH is 1. The van der Waals surface area contributed by atoms with Crippen LogP contribution in [-0.2, 0) is 9.59 Å². The van der Waals surface area contributed by atoms with Gasteiger partial charge in [0.25, 0.3) is 0 Å². The first-order valence-corrected chi connectivity index (χ1v) is 14.0. The fourth-order valence-electron chi connectivity index (χ4n) is 9.47. The van der Waals surface area contributed by atoms with Crippen LogP contribution in [0.3, 0.4) is 0 Å². The van der Waals surface area contributed by atoms with E-state index in [0.717, 1.165) is 57.4 Å². The minimum atomic E-state index is -0.277. The average molecular weight is 462 g/mol. The molecule has 9 atom stereocenters. The van der Waals surface area contributed by atoms with Crippen LogP contribution in [-0.4, -0.2) is 57.3 Å². The van der Waals surface area contributed by atoms with Crippen molar-refractivity contribution >= 4 is 23.3 Å². The molecule has 4 aliphatic carbocycles. The molecule has 1 heterocycles. The van der Waals surface area contributed by atoms with Crippen LogP contribution < -0.4 is 0 Å². The number of fused-ring (bicyclic) bond motifs is 5. The highest BCUT2D eigenvalue weighted by Crippen LogP contribution is 2.66. The summed E-state index contributed by atoms with van der Waals surface area (Å²) in [5.74, 6) is 3.40. The zero-order valence-electron chi connectivity index (χ0n) is 20.7. The molecule has 0 bridgehead atoms. The van der Waals surface area contributed by atoms with Crippen molar-refractivity contribution in [3.05, 3.63) is 0 Å². The van der Waals surface area contributed by atoms with Crippen LogP contribution in [0, 0.1) is 40.4 Å². The van der Waals surface area contributed by atoms with Crippen LogP contribution in [0.5, 0.6) is 0 Å². The lowest BCUT2D eigenvalue weighted by molar-refractivity contribution is -0.169. The predicted octanol–water partition coefficient (Wildman–Crippen LogP) is 4.58. The maximum absolute atomic E-state index is 13.9. The third-order valence-corrected chi connectivity index (χ3v) is 12.1. The molecule has 0 radical (unpaired) electrons. The summed E-state index contributed by atoms with van der Waals surface area (Å²) in [6, 6.07) is 0.171. The van der Waals surface area contributed by atoms with Gasteiger partial charge in [0.05, 0.1) is 6.10 Å². The van der Waals surface area contributed by atoms with Crippen LogP contribution in [0.1, 0.15) is 79.6 Å². The Morgan fingerprint density at radius 3 is 2.53 bits per heavy atom. The van der Waals surface area contributed by atoms with Crippen molar-refractivity contribution < 1.29 is 14.7 Å². The Hall–Kier alpha value is -0.390. The number of carbonyl (C=O) groups excluding carboxylic acids is 2. The number of hydrogen-bond donors (Lipinski definition) is 1. The van der Waals surface area contributed by atoms with Gasteiger partial charge in [0.15, 0.2) is 0 Å². The molecule has 1 saturated heterocycles. The van der Waals surface area contributed by atoms with E-state index in [0.29, 0.717) is 30.0 Å². The Bertz CT molecular complexity index is 798. The lowest BCUT2D eigenvalue weighted by atomic mass is 9.43. The van der Waals surface area contributed by atoms with Crippen molar-refractivity contribution in [3.63, 3.8) is 0 Å². The van der Waals surface area contributed by atoms with Crippen LogP contribution in [0.4, 0.5) is 0 Å². The monoisotopic (exact) mass is 461 g/mol. The second kappa shape index (κ2) is 7.81. The van der Waals surface area contributed by atoms with Gasteiger partial charge >= 0.3 is 0 Å². The van der Waals surface area contributed by atoms with E-state index in [1.54, 1.807) is 6.92 Å². The SMILES string of the molecule is CC(=O)[C@H]1CC[C@H]2[C@@H]3CCC4CC(O)C(N5CCSC(C)(C)C5)C[C@]4(C)[C@H]3C(=O)C[C@]12C. The van der Waals surface area contributed by atoms with Crippen molar-refractivity contribution in [2.45, 2.75) is 96.5 Å². The molecule has 3 unspecified atom stereocenters. The second-order valence-electron chi connectivity index (χ2n) is 13.1. The van der Waals surface area contributed by atoms with Crippen molar-refractivity contribution in [1.29, 1.82) is 0 Å². The number of ketones is 2. The summed E-state index contributed by atoms with van der Waals surface area (Å²) >= 11 is 2.04. The standard InChI is InChI=1S/C27H43NO3S/c1-16(29)19-8-9-20-18-7-6-17-12-22(30)21(28-10-11-32-25(2,3)15-28)13-26(17,4)24(18)23(31)14-27(19,20)5/h17-22,24,30H,6-15H2,1-5H3/t17?,18-,19+,20-,21?,22?,24+,26-,27+/m0/s1. The Labute approximate surface area is 198 Å². The highest BCUT2D eigenvalue weighted by Gasteiger charge is 2.64. The molecule has 1 N–H and O–H groups in total. The molecule has 32 heavy (non-hydrogen) atoms. The summed E-state index contributed by atoms with van der Waals surface area (Å²) < 4.78 is 0.221. The molecule has 1 aliphatic heterocycles. The number of rotatable bonds is 2. The molecule has 5 rings (SSSR count). The van der Waals surface area contributed by atoms with E-state index in [1.165, 1.54) is 0 Å². The Kier molecular flexibility index (Phi) is 5.70. The molecule has 0 spiro atoms. The van der Waals surface area contributed by atoms with E-state index in [2.05, 4.69) is 32.6 Å². The second-order valence-corrected chi connectivity index (χ2v) is 14.9. The molecule has 5 heteroatoms. The van der Waals surface area contributed by atoms with Crippen molar-refractivity contribution in [1.82, 2.24) is 4.90 Å². The zero-order valence-corrected chi connectivity index (χ0v) is 21.5. The number of nitrogens with zero attached hydrogens (tertiary/aromatic N) is 1. The van der Waals surface area contributed by atoms with Gasteiger partial charge in [0, 0.05) is 47.9 Å². The first-order valence-electron chi connectivity index (χ1n) is 13.1. The zero-order chi connectivity index (χ0) is 23.1. The molecule has 180 valence electrons. The van der Waals surface area contributed by atoms with E-state index in [-0.39, 0.29) is 45.3 Å². The summed E-state index contributed by atoms with van der Waals surface area (Å²) in [6.45, 7) is 13.1. The summed E-state index contributed by atoms with van der Waals surface area (Å²) in [6.07, 6.45) is 6.42. The maximum atomic E-state index is 13.9. The molecular formula is C27H43NO3S. The summed E-state index contributed by atoms with van der Waals surface area (Å²) in [5.41, 5.74) is -0.150. The molecule has 5 fully saturated rings. The van der Waals surface area contributed by atoms with E-state index in [4.69, 9.17) is 0 Å². The van der Waals surface area contributed by atoms with E-state index in [9.17, 15) is 14.7 Å². The van der Waals surface area contributed by atoms with Crippen LogP contribution in [0.15, 0.2) is 0 Å². The van der Waals surface area contributed by atoms with Crippen LogP contribution in [0.2, 0.25) is 0 Å². The molecule has 0 amide bonds. The summed E-state index contributed by atoms with van der Waals surface area (Å²) in [4.78, 5) is 28.9. The lowest BCUT2D eigenvalue weighted by Crippen LogP contribution is -2.63. The molecular weight excluding hydrogens is 418 g/mol. The van der Waals surface area contributed by atoms with Gasteiger partial charge in [-0.2, -0.15) is 11.8 Å². The highest BCUT2D eigenvalue weighted by molar-refractivity contribution is 8.00. The number of hydrogen-bond acceptors (Lipinski definition) is 5. The number of aliphatic hydroxyl groups is 1. The Morgan fingerprint density at radius 1 is 1.09 bits per heavy atom. The predicted molar refractivity (Wildman–Crippen MR) is 130 cm³/mol. The van der Waals surface area contributed by atoms with Crippen LogP contribution in [0.25, 0.3) is 0 Å². The van der Waals surface area contributed by atoms with E-state index >= 15 is 0 Å². The van der Waals surface area contributed by atoms with Crippen molar-refractivity contribution in [3.8, 4) is 0 Å². The minimum Gasteiger partial charge on any atom is -0.391 e. The normalized spacial score (nSPS) is 50.9. The third-order valence-electron chi connectivity index (χ3n) is 10.8. The van der Waals surface area contributed by atoms with Gasteiger partial charge in [0.2, 0.25) is 0 Å². The van der Waals surface area contributed by atoms with Gasteiger partial charge < -0.3 is 5.11 Å². The maximum Gasteiger partial charge on any atom is 0.137 e. The quantitative estimate of drug-likeness (QED) is 0.652. The van der Waals surface area contributed by atoms with Crippen molar-refractivity contribution in [2.24, 2.45) is 40.4 Å². The smallest absolute Gasteiger partial charge is 0.137 e. The van der Waals surface area contributed by atoms with Gasteiger partial charge in [-0.15, -0.1) is 0 Å². The van der Waals surface area contributed by atoms with Crippen molar-refractivity contribution in [2.75, 3.05) is 18.8 Å². The average Bonchev–Trinajstić information content (AvgIpc) is 3.03. The number of carbonyl (C=O) groups is 2. The highest BCUT2D eigenvalue weighted by atomic mass is 32.2. The van der Waals surface area contributed by atoms with E-state index in [1.807, 2.05) is 11.8 Å². The molecule has 0 aromatic heterocycles. The van der Waals surface area contributed by atoms with Gasteiger partial charge in [-0.25, -0.2) is 0 Å². The first kappa shape index (κ1) is 23.4.